The van der Waals surface area contributed by atoms with Crippen LogP contribution < -0.4 is 10.7 Å². The van der Waals surface area contributed by atoms with E-state index in [1.54, 1.807) is 0 Å². The molecule has 2 rings (SSSR count). The van der Waals surface area contributed by atoms with Crippen LogP contribution in [0.5, 0.6) is 0 Å². The zero-order chi connectivity index (χ0) is 13.8. The average Bonchev–Trinajstić information content (AvgIpc) is 2.37. The summed E-state index contributed by atoms with van der Waals surface area (Å²) in [6, 6.07) is 6.11. The fourth-order valence-corrected chi connectivity index (χ4v) is 2.45. The topological polar surface area (TPSA) is 44.4 Å². The average molecular weight is 265 g/mol. The second-order valence-electron chi connectivity index (χ2n) is 5.11. The van der Waals surface area contributed by atoms with Gasteiger partial charge in [-0.1, -0.05) is 6.42 Å². The number of nitrogens with zero attached hydrogens (tertiary/aromatic N) is 1. The Morgan fingerprint density at radius 2 is 1.79 bits per heavy atom. The van der Waals surface area contributed by atoms with E-state index in [4.69, 9.17) is 0 Å². The van der Waals surface area contributed by atoms with E-state index in [0.29, 0.717) is 17.8 Å². The highest BCUT2D eigenvalue weighted by molar-refractivity contribution is 5.88. The lowest BCUT2D eigenvalue weighted by molar-refractivity contribution is 0.0625. The zero-order valence-electron chi connectivity index (χ0n) is 11.3. The molecule has 2 atom stereocenters. The molecular weight excluding hydrogens is 245 g/mol. The van der Waals surface area contributed by atoms with Crippen molar-refractivity contribution < 1.29 is 9.18 Å². The van der Waals surface area contributed by atoms with Crippen LogP contribution >= 0.6 is 0 Å². The molecule has 2 N–H and O–H groups in total. The Balaban J connectivity index is 1.91. The maximum Gasteiger partial charge on any atom is 0.333 e. The molecule has 1 fully saturated rings. The maximum absolute atomic E-state index is 12.8. The summed E-state index contributed by atoms with van der Waals surface area (Å²) < 4.78 is 12.8. The molecule has 4 nitrogen and oxygen atoms in total. The number of nitrogens with one attached hydrogen (secondary N) is 2. The van der Waals surface area contributed by atoms with Crippen molar-refractivity contribution in [1.29, 1.82) is 0 Å². The summed E-state index contributed by atoms with van der Waals surface area (Å²) in [5.41, 5.74) is 3.45. The van der Waals surface area contributed by atoms with Gasteiger partial charge in [0, 0.05) is 17.8 Å². The van der Waals surface area contributed by atoms with Crippen LogP contribution in [0, 0.1) is 5.82 Å². The Morgan fingerprint density at radius 1 is 1.21 bits per heavy atom. The first-order valence-corrected chi connectivity index (χ1v) is 6.68. The number of hydrazine groups is 1. The van der Waals surface area contributed by atoms with Gasteiger partial charge in [0.25, 0.3) is 0 Å². The molecule has 0 radical (unpaired) electrons. The molecule has 1 aliphatic rings. The predicted octanol–water partition coefficient (Wildman–Crippen LogP) is 3.13. The molecule has 1 saturated heterocycles. The number of carbonyl (C=O) groups excluding carboxylic acids is 1. The minimum absolute atomic E-state index is 0.285. The van der Waals surface area contributed by atoms with Crippen molar-refractivity contribution in [2.45, 2.75) is 45.2 Å². The SMILES string of the molecule is C[C@@H]1CCC[C@@H](C)N1NC(=O)Nc1ccc(F)cc1. The fourth-order valence-electron chi connectivity index (χ4n) is 2.45. The number of urea groups is 1. The Labute approximate surface area is 113 Å². The van der Waals surface area contributed by atoms with E-state index in [1.807, 2.05) is 5.01 Å². The summed E-state index contributed by atoms with van der Waals surface area (Å²) in [5.74, 6) is -0.316. The van der Waals surface area contributed by atoms with E-state index in [1.165, 1.54) is 30.7 Å². The van der Waals surface area contributed by atoms with Gasteiger partial charge in [0.15, 0.2) is 0 Å². The van der Waals surface area contributed by atoms with E-state index in [2.05, 4.69) is 24.6 Å². The number of amides is 2. The Hall–Kier alpha value is -1.62. The molecule has 0 bridgehead atoms. The van der Waals surface area contributed by atoms with Crippen LogP contribution in [-0.4, -0.2) is 23.1 Å². The molecule has 1 aromatic rings. The van der Waals surface area contributed by atoms with Crippen LogP contribution in [0.1, 0.15) is 33.1 Å². The second-order valence-corrected chi connectivity index (χ2v) is 5.11. The van der Waals surface area contributed by atoms with Gasteiger partial charge in [-0.05, 0) is 51.0 Å². The molecule has 0 aromatic heterocycles. The number of halogens is 1. The molecule has 0 aliphatic carbocycles. The predicted molar refractivity (Wildman–Crippen MR) is 73.2 cm³/mol. The summed E-state index contributed by atoms with van der Waals surface area (Å²) >= 11 is 0. The lowest BCUT2D eigenvalue weighted by Gasteiger charge is -2.38. The van der Waals surface area contributed by atoms with Crippen LogP contribution in [0.15, 0.2) is 24.3 Å². The molecule has 0 spiro atoms. The molecule has 1 heterocycles. The molecule has 0 unspecified atom stereocenters. The molecule has 19 heavy (non-hydrogen) atoms. The van der Waals surface area contributed by atoms with Crippen molar-refractivity contribution in [3.63, 3.8) is 0 Å². The van der Waals surface area contributed by atoms with Gasteiger partial charge in [0.05, 0.1) is 0 Å². The number of hydrogen-bond donors (Lipinski definition) is 2. The first kappa shape index (κ1) is 13.8. The van der Waals surface area contributed by atoms with E-state index in [9.17, 15) is 9.18 Å². The molecule has 1 aromatic carbocycles. The third-order valence-corrected chi connectivity index (χ3v) is 3.53. The van der Waals surface area contributed by atoms with Gasteiger partial charge in [0.2, 0.25) is 0 Å². The summed E-state index contributed by atoms with van der Waals surface area (Å²) in [7, 11) is 0. The fraction of sp³-hybridized carbons (Fsp3) is 0.500. The molecule has 2 amide bonds. The van der Waals surface area contributed by atoms with Gasteiger partial charge < -0.3 is 5.32 Å². The summed E-state index contributed by atoms with van der Waals surface area (Å²) in [6.07, 6.45) is 3.36. The first-order chi connectivity index (χ1) is 9.06. The van der Waals surface area contributed by atoms with Crippen LogP contribution in [0.3, 0.4) is 0 Å². The number of benzene rings is 1. The highest BCUT2D eigenvalue weighted by Crippen LogP contribution is 2.20. The Morgan fingerprint density at radius 3 is 2.37 bits per heavy atom. The third-order valence-electron chi connectivity index (χ3n) is 3.53. The van der Waals surface area contributed by atoms with Crippen LogP contribution in [-0.2, 0) is 0 Å². The minimum Gasteiger partial charge on any atom is -0.307 e. The number of carbonyl (C=O) groups is 1. The second kappa shape index (κ2) is 6.02. The van der Waals surface area contributed by atoms with Gasteiger partial charge in [-0.15, -0.1) is 0 Å². The van der Waals surface area contributed by atoms with Gasteiger partial charge in [0.1, 0.15) is 5.82 Å². The minimum atomic E-state index is -0.316. The molecule has 5 heteroatoms. The smallest absolute Gasteiger partial charge is 0.307 e. The van der Waals surface area contributed by atoms with Crippen molar-refractivity contribution >= 4 is 11.7 Å². The van der Waals surface area contributed by atoms with Crippen LogP contribution in [0.25, 0.3) is 0 Å². The highest BCUT2D eigenvalue weighted by atomic mass is 19.1. The van der Waals surface area contributed by atoms with E-state index < -0.39 is 0 Å². The number of piperidine rings is 1. The van der Waals surface area contributed by atoms with E-state index in [-0.39, 0.29) is 11.8 Å². The lowest BCUT2D eigenvalue weighted by Crippen LogP contribution is -2.55. The summed E-state index contributed by atoms with van der Waals surface area (Å²) in [4.78, 5) is 11.9. The largest absolute Gasteiger partial charge is 0.333 e. The van der Waals surface area contributed by atoms with Crippen LogP contribution in [0.4, 0.5) is 14.9 Å². The Bertz CT molecular complexity index is 425. The number of anilines is 1. The van der Waals surface area contributed by atoms with Gasteiger partial charge >= 0.3 is 6.03 Å². The monoisotopic (exact) mass is 265 g/mol. The molecular formula is C14H20FN3O. The standard InChI is InChI=1S/C14H20FN3O/c1-10-4-3-5-11(2)18(10)17-14(19)16-13-8-6-12(15)7-9-13/h6-11H,3-5H2,1-2H3,(H2,16,17,19)/t10-,11-/m1/s1. The summed E-state index contributed by atoms with van der Waals surface area (Å²) in [5, 5.41) is 4.69. The van der Waals surface area contributed by atoms with E-state index in [0.717, 1.165) is 12.8 Å². The quantitative estimate of drug-likeness (QED) is 0.863. The van der Waals surface area contributed by atoms with Gasteiger partial charge in [-0.25, -0.2) is 14.2 Å². The first-order valence-electron chi connectivity index (χ1n) is 6.68. The van der Waals surface area contributed by atoms with Crippen molar-refractivity contribution in [3.05, 3.63) is 30.1 Å². The lowest BCUT2D eigenvalue weighted by atomic mass is 10.00. The highest BCUT2D eigenvalue weighted by Gasteiger charge is 2.25. The van der Waals surface area contributed by atoms with E-state index >= 15 is 0 Å². The van der Waals surface area contributed by atoms with Crippen molar-refractivity contribution in [2.24, 2.45) is 0 Å². The van der Waals surface area contributed by atoms with Gasteiger partial charge in [-0.3, -0.25) is 5.43 Å². The molecule has 0 saturated carbocycles. The van der Waals surface area contributed by atoms with Crippen molar-refractivity contribution in [3.8, 4) is 0 Å². The normalized spacial score (nSPS) is 23.9. The number of rotatable bonds is 2. The maximum atomic E-state index is 12.8. The molecule has 1 aliphatic heterocycles. The third kappa shape index (κ3) is 3.67. The van der Waals surface area contributed by atoms with Crippen molar-refractivity contribution in [2.75, 3.05) is 5.32 Å². The zero-order valence-corrected chi connectivity index (χ0v) is 11.3. The Kier molecular flexibility index (Phi) is 4.37. The molecule has 104 valence electrons. The van der Waals surface area contributed by atoms with Gasteiger partial charge in [-0.2, -0.15) is 0 Å². The number of hydrogen-bond acceptors (Lipinski definition) is 2. The van der Waals surface area contributed by atoms with Crippen molar-refractivity contribution in [1.82, 2.24) is 10.4 Å². The van der Waals surface area contributed by atoms with Crippen LogP contribution in [0.2, 0.25) is 0 Å². The summed E-state index contributed by atoms with van der Waals surface area (Å²) in [6.45, 7) is 4.21.